The third-order valence-corrected chi connectivity index (χ3v) is 6.11. The highest BCUT2D eigenvalue weighted by molar-refractivity contribution is 5.97. The predicted molar refractivity (Wildman–Crippen MR) is 115 cm³/mol. The van der Waals surface area contributed by atoms with Crippen LogP contribution in [0.4, 0.5) is 5.69 Å². The molecule has 30 heavy (non-hydrogen) atoms. The molecular formula is C24H28N2O4. The summed E-state index contributed by atoms with van der Waals surface area (Å²) in [5.41, 5.74) is 3.21. The second-order valence-corrected chi connectivity index (χ2v) is 8.24. The lowest BCUT2D eigenvalue weighted by molar-refractivity contribution is -0.114. The lowest BCUT2D eigenvalue weighted by Gasteiger charge is -2.31. The Kier molecular flexibility index (Phi) is 5.66. The number of amides is 2. The van der Waals surface area contributed by atoms with Crippen LogP contribution >= 0.6 is 0 Å². The molecule has 1 heterocycles. The van der Waals surface area contributed by atoms with Crippen LogP contribution < -0.4 is 20.1 Å². The number of benzene rings is 2. The SMILES string of the molecule is CC(=O)Nc1cc(C(=O)NCC2(c3ccc4c(c3)OCCO4)CCCC2)ccc1C. The van der Waals surface area contributed by atoms with Crippen LogP contribution in [-0.2, 0) is 10.2 Å². The van der Waals surface area contributed by atoms with E-state index in [-0.39, 0.29) is 17.2 Å². The van der Waals surface area contributed by atoms with Gasteiger partial charge < -0.3 is 20.1 Å². The monoisotopic (exact) mass is 408 g/mol. The van der Waals surface area contributed by atoms with Crippen LogP contribution in [0, 0.1) is 6.92 Å². The number of anilines is 1. The first-order valence-electron chi connectivity index (χ1n) is 10.5. The summed E-state index contributed by atoms with van der Waals surface area (Å²) in [4.78, 5) is 24.3. The van der Waals surface area contributed by atoms with E-state index in [1.165, 1.54) is 12.5 Å². The number of hydrogen-bond acceptors (Lipinski definition) is 4. The summed E-state index contributed by atoms with van der Waals surface area (Å²) in [6.45, 7) is 5.06. The van der Waals surface area contributed by atoms with Crippen molar-refractivity contribution in [2.75, 3.05) is 25.1 Å². The fraction of sp³-hybridized carbons (Fsp3) is 0.417. The molecular weight excluding hydrogens is 380 g/mol. The molecule has 0 unspecified atom stereocenters. The third kappa shape index (κ3) is 4.13. The molecule has 158 valence electrons. The minimum Gasteiger partial charge on any atom is -0.486 e. The van der Waals surface area contributed by atoms with E-state index in [2.05, 4.69) is 22.8 Å². The number of aryl methyl sites for hydroxylation is 1. The van der Waals surface area contributed by atoms with Crippen molar-refractivity contribution in [1.82, 2.24) is 5.32 Å². The van der Waals surface area contributed by atoms with Gasteiger partial charge in [0.15, 0.2) is 11.5 Å². The molecule has 0 saturated heterocycles. The van der Waals surface area contributed by atoms with Gasteiger partial charge in [0, 0.05) is 30.1 Å². The molecule has 1 saturated carbocycles. The van der Waals surface area contributed by atoms with Crippen LogP contribution in [0.2, 0.25) is 0 Å². The molecule has 4 rings (SSSR count). The number of carbonyl (C=O) groups is 2. The largest absolute Gasteiger partial charge is 0.486 e. The number of hydrogen-bond donors (Lipinski definition) is 2. The minimum atomic E-state index is -0.154. The maximum Gasteiger partial charge on any atom is 0.251 e. The Bertz CT molecular complexity index is 964. The second kappa shape index (κ2) is 8.38. The summed E-state index contributed by atoms with van der Waals surface area (Å²) in [5, 5.41) is 5.92. The maximum atomic E-state index is 12.9. The van der Waals surface area contributed by atoms with E-state index in [1.807, 2.05) is 19.1 Å². The zero-order valence-corrected chi connectivity index (χ0v) is 17.5. The zero-order chi connectivity index (χ0) is 21.1. The van der Waals surface area contributed by atoms with Gasteiger partial charge in [0.1, 0.15) is 13.2 Å². The highest BCUT2D eigenvalue weighted by Crippen LogP contribution is 2.43. The van der Waals surface area contributed by atoms with Gasteiger partial charge in [0.05, 0.1) is 0 Å². The standard InChI is InChI=1S/C24H28N2O4/c1-16-5-6-18(13-20(16)26-17(2)27)23(28)25-15-24(9-3-4-10-24)19-7-8-21-22(14-19)30-12-11-29-21/h5-8,13-14H,3-4,9-12,15H2,1-2H3,(H,25,28)(H,26,27). The Balaban J connectivity index is 1.52. The van der Waals surface area contributed by atoms with Crippen LogP contribution in [0.15, 0.2) is 36.4 Å². The Morgan fingerprint density at radius 3 is 2.47 bits per heavy atom. The van der Waals surface area contributed by atoms with Crippen molar-refractivity contribution < 1.29 is 19.1 Å². The topological polar surface area (TPSA) is 76.7 Å². The number of nitrogens with one attached hydrogen (secondary N) is 2. The minimum absolute atomic E-state index is 0.101. The average Bonchev–Trinajstić information content (AvgIpc) is 3.23. The van der Waals surface area contributed by atoms with E-state index in [9.17, 15) is 9.59 Å². The summed E-state index contributed by atoms with van der Waals surface area (Å²) in [6, 6.07) is 11.5. The highest BCUT2D eigenvalue weighted by Gasteiger charge is 2.37. The molecule has 2 amide bonds. The molecule has 2 aromatic rings. The summed E-state index contributed by atoms with van der Waals surface area (Å²) < 4.78 is 11.4. The van der Waals surface area contributed by atoms with Gasteiger partial charge in [-0.3, -0.25) is 9.59 Å². The Labute approximate surface area is 177 Å². The number of fused-ring (bicyclic) bond motifs is 1. The van der Waals surface area contributed by atoms with Crippen molar-refractivity contribution >= 4 is 17.5 Å². The van der Waals surface area contributed by atoms with E-state index in [0.717, 1.165) is 42.7 Å². The van der Waals surface area contributed by atoms with Crippen LogP contribution in [0.5, 0.6) is 11.5 Å². The Morgan fingerprint density at radius 1 is 1.00 bits per heavy atom. The fourth-order valence-corrected chi connectivity index (χ4v) is 4.43. The van der Waals surface area contributed by atoms with Gasteiger partial charge >= 0.3 is 0 Å². The number of ether oxygens (including phenoxy) is 2. The van der Waals surface area contributed by atoms with E-state index < -0.39 is 0 Å². The Morgan fingerprint density at radius 2 is 1.73 bits per heavy atom. The molecule has 0 aromatic heterocycles. The molecule has 0 radical (unpaired) electrons. The van der Waals surface area contributed by atoms with Crippen LogP contribution in [-0.4, -0.2) is 31.6 Å². The van der Waals surface area contributed by atoms with Gasteiger partial charge in [-0.1, -0.05) is 25.0 Å². The summed E-state index contributed by atoms with van der Waals surface area (Å²) in [5.74, 6) is 1.28. The molecule has 2 N–H and O–H groups in total. The molecule has 0 spiro atoms. The molecule has 2 aromatic carbocycles. The molecule has 1 aliphatic heterocycles. The van der Waals surface area contributed by atoms with E-state index in [0.29, 0.717) is 31.0 Å². The zero-order valence-electron chi connectivity index (χ0n) is 17.5. The van der Waals surface area contributed by atoms with Crippen molar-refractivity contribution in [3.63, 3.8) is 0 Å². The maximum absolute atomic E-state index is 12.9. The van der Waals surface area contributed by atoms with Crippen LogP contribution in [0.1, 0.15) is 54.1 Å². The summed E-state index contributed by atoms with van der Waals surface area (Å²) in [6.07, 6.45) is 4.33. The second-order valence-electron chi connectivity index (χ2n) is 8.24. The van der Waals surface area contributed by atoms with Gasteiger partial charge in [0.25, 0.3) is 5.91 Å². The third-order valence-electron chi connectivity index (χ3n) is 6.11. The van der Waals surface area contributed by atoms with Crippen molar-refractivity contribution in [3.8, 4) is 11.5 Å². The first-order valence-corrected chi connectivity index (χ1v) is 10.5. The quantitative estimate of drug-likeness (QED) is 0.785. The van der Waals surface area contributed by atoms with Crippen molar-refractivity contribution in [2.24, 2.45) is 0 Å². The van der Waals surface area contributed by atoms with E-state index in [4.69, 9.17) is 9.47 Å². The highest BCUT2D eigenvalue weighted by atomic mass is 16.6. The molecule has 0 bridgehead atoms. The van der Waals surface area contributed by atoms with Gasteiger partial charge in [-0.15, -0.1) is 0 Å². The van der Waals surface area contributed by atoms with E-state index in [1.54, 1.807) is 12.1 Å². The molecule has 0 atom stereocenters. The van der Waals surface area contributed by atoms with Crippen molar-refractivity contribution in [3.05, 3.63) is 53.1 Å². The number of carbonyl (C=O) groups excluding carboxylic acids is 2. The van der Waals surface area contributed by atoms with Gasteiger partial charge in [-0.2, -0.15) is 0 Å². The summed E-state index contributed by atoms with van der Waals surface area (Å²) in [7, 11) is 0. The molecule has 1 aliphatic carbocycles. The van der Waals surface area contributed by atoms with Crippen LogP contribution in [0.3, 0.4) is 0 Å². The average molecular weight is 408 g/mol. The van der Waals surface area contributed by atoms with Crippen molar-refractivity contribution in [2.45, 2.75) is 44.9 Å². The molecule has 6 nitrogen and oxygen atoms in total. The molecule has 2 aliphatic rings. The van der Waals surface area contributed by atoms with E-state index >= 15 is 0 Å². The first-order chi connectivity index (χ1) is 14.5. The Hall–Kier alpha value is -3.02. The molecule has 1 fully saturated rings. The smallest absolute Gasteiger partial charge is 0.251 e. The molecule has 6 heteroatoms. The summed E-state index contributed by atoms with van der Waals surface area (Å²) >= 11 is 0. The normalized spacial score (nSPS) is 16.7. The van der Waals surface area contributed by atoms with Crippen molar-refractivity contribution in [1.29, 1.82) is 0 Å². The number of rotatable bonds is 5. The lowest BCUT2D eigenvalue weighted by Crippen LogP contribution is -2.39. The van der Waals surface area contributed by atoms with Gasteiger partial charge in [0.2, 0.25) is 5.91 Å². The van der Waals surface area contributed by atoms with Gasteiger partial charge in [-0.25, -0.2) is 0 Å². The predicted octanol–water partition coefficient (Wildman–Crippen LogP) is 3.97. The van der Waals surface area contributed by atoms with Gasteiger partial charge in [-0.05, 0) is 55.2 Å². The lowest BCUT2D eigenvalue weighted by atomic mass is 9.78. The first kappa shape index (κ1) is 20.3. The van der Waals surface area contributed by atoms with Crippen LogP contribution in [0.25, 0.3) is 0 Å². The fourth-order valence-electron chi connectivity index (χ4n) is 4.43.